The van der Waals surface area contributed by atoms with Crippen molar-refractivity contribution in [1.29, 1.82) is 4.78 Å². The Kier molecular flexibility index (Phi) is 3.24. The summed E-state index contributed by atoms with van der Waals surface area (Å²) in [5.74, 6) is 0. The molecule has 0 radical (unpaired) electrons. The van der Waals surface area contributed by atoms with E-state index in [1.54, 1.807) is 18.3 Å². The highest BCUT2D eigenvalue weighted by atomic mass is 35.5. The van der Waals surface area contributed by atoms with Gasteiger partial charge in [0.2, 0.25) is 0 Å². The first-order valence-corrected chi connectivity index (χ1v) is 5.90. The van der Waals surface area contributed by atoms with Crippen molar-refractivity contribution < 1.29 is 4.21 Å². The van der Waals surface area contributed by atoms with Crippen molar-refractivity contribution in [2.24, 2.45) is 0 Å². The van der Waals surface area contributed by atoms with Crippen LogP contribution in [-0.4, -0.2) is 15.4 Å². The number of hydrogen-bond acceptors (Lipinski definition) is 3. The molecule has 2 N–H and O–H groups in total. The quantitative estimate of drug-likeness (QED) is 0.756. The molecule has 0 spiro atoms. The van der Waals surface area contributed by atoms with Crippen molar-refractivity contribution in [3.63, 3.8) is 0 Å². The summed E-state index contributed by atoms with van der Waals surface area (Å²) in [5.41, 5.74) is 0.853. The summed E-state index contributed by atoms with van der Waals surface area (Å²) in [6.07, 6.45) is 2.91. The average molecular weight is 220 g/mol. The molecule has 4 nitrogen and oxygen atoms in total. The van der Waals surface area contributed by atoms with Gasteiger partial charge < -0.3 is 0 Å². The van der Waals surface area contributed by atoms with Crippen molar-refractivity contribution in [3.05, 3.63) is 29.0 Å². The van der Waals surface area contributed by atoms with Gasteiger partial charge >= 0.3 is 0 Å². The molecular formula is C7H10ClN3OS. The van der Waals surface area contributed by atoms with Crippen LogP contribution in [0.25, 0.3) is 0 Å². The number of rotatable bonds is 3. The van der Waals surface area contributed by atoms with Gasteiger partial charge in [0, 0.05) is 19.0 Å². The Morgan fingerprint density at radius 3 is 2.85 bits per heavy atom. The van der Waals surface area contributed by atoms with Gasteiger partial charge in [-0.15, -0.1) is 0 Å². The van der Waals surface area contributed by atoms with Gasteiger partial charge in [-0.3, -0.25) is 0 Å². The van der Waals surface area contributed by atoms with E-state index in [9.17, 15) is 4.21 Å². The van der Waals surface area contributed by atoms with Crippen molar-refractivity contribution in [1.82, 2.24) is 9.71 Å². The maximum Gasteiger partial charge on any atom is 0.129 e. The molecule has 0 bridgehead atoms. The van der Waals surface area contributed by atoms with Crippen LogP contribution in [0.3, 0.4) is 0 Å². The number of nitrogens with zero attached hydrogens (tertiary/aromatic N) is 1. The summed E-state index contributed by atoms with van der Waals surface area (Å²) in [5, 5.41) is 0.423. The highest BCUT2D eigenvalue weighted by Crippen LogP contribution is 2.04. The van der Waals surface area contributed by atoms with Crippen molar-refractivity contribution in [2.45, 2.75) is 6.54 Å². The molecule has 0 aliphatic carbocycles. The molecule has 0 aromatic carbocycles. The summed E-state index contributed by atoms with van der Waals surface area (Å²) < 4.78 is 20.6. The molecule has 0 aliphatic heterocycles. The molecule has 0 fully saturated rings. The van der Waals surface area contributed by atoms with E-state index < -0.39 is 9.92 Å². The highest BCUT2D eigenvalue weighted by Gasteiger charge is 1.97. The van der Waals surface area contributed by atoms with E-state index in [1.165, 1.54) is 6.26 Å². The summed E-state index contributed by atoms with van der Waals surface area (Å²) in [7, 11) is -2.64. The maximum absolute atomic E-state index is 10.9. The Morgan fingerprint density at radius 1 is 1.69 bits per heavy atom. The smallest absolute Gasteiger partial charge is 0.129 e. The van der Waals surface area contributed by atoms with Gasteiger partial charge in [0.25, 0.3) is 0 Å². The molecule has 6 heteroatoms. The van der Waals surface area contributed by atoms with E-state index in [0.29, 0.717) is 11.7 Å². The zero-order valence-electron chi connectivity index (χ0n) is 7.08. The maximum atomic E-state index is 10.9. The van der Waals surface area contributed by atoms with Crippen LogP contribution in [0.1, 0.15) is 5.56 Å². The lowest BCUT2D eigenvalue weighted by Crippen LogP contribution is -2.19. The fourth-order valence-electron chi connectivity index (χ4n) is 0.732. The number of hydrogen-bond donors (Lipinski definition) is 2. The second kappa shape index (κ2) is 4.04. The summed E-state index contributed by atoms with van der Waals surface area (Å²) >= 11 is 5.58. The zero-order chi connectivity index (χ0) is 9.90. The second-order valence-corrected chi connectivity index (χ2v) is 5.02. The molecular weight excluding hydrogens is 210 g/mol. The van der Waals surface area contributed by atoms with Crippen LogP contribution in [0, 0.1) is 4.78 Å². The van der Waals surface area contributed by atoms with Crippen LogP contribution in [0.2, 0.25) is 5.15 Å². The Bertz CT molecular complexity index is 373. The van der Waals surface area contributed by atoms with Crippen LogP contribution in [0.4, 0.5) is 0 Å². The second-order valence-electron chi connectivity index (χ2n) is 2.65. The third-order valence-electron chi connectivity index (χ3n) is 1.34. The first-order valence-electron chi connectivity index (χ1n) is 3.56. The van der Waals surface area contributed by atoms with E-state index in [1.807, 2.05) is 0 Å². The fraction of sp³-hybridized carbons (Fsp3) is 0.286. The van der Waals surface area contributed by atoms with Crippen LogP contribution in [-0.2, 0) is 16.5 Å². The number of pyridine rings is 1. The van der Waals surface area contributed by atoms with E-state index >= 15 is 0 Å². The van der Waals surface area contributed by atoms with Gasteiger partial charge in [-0.25, -0.2) is 18.7 Å². The summed E-state index contributed by atoms with van der Waals surface area (Å²) in [4.78, 5) is 3.85. The normalized spacial score (nSPS) is 15.2. The molecule has 0 amide bonds. The zero-order valence-corrected chi connectivity index (χ0v) is 8.65. The Balaban J connectivity index is 2.61. The Hall–Kier alpha value is -0.650. The average Bonchev–Trinajstić information content (AvgIpc) is 2.02. The predicted molar refractivity (Wildman–Crippen MR) is 52.9 cm³/mol. The number of nitrogens with one attached hydrogen (secondary N) is 2. The lowest BCUT2D eigenvalue weighted by atomic mass is 10.3. The van der Waals surface area contributed by atoms with Crippen molar-refractivity contribution in [3.8, 4) is 0 Å². The third-order valence-corrected chi connectivity index (χ3v) is 2.26. The molecule has 13 heavy (non-hydrogen) atoms. The lowest BCUT2D eigenvalue weighted by Gasteiger charge is -2.03. The van der Waals surface area contributed by atoms with E-state index in [4.69, 9.17) is 16.4 Å². The van der Waals surface area contributed by atoms with Gasteiger partial charge in [0.15, 0.2) is 0 Å². The molecule has 1 atom stereocenters. The Morgan fingerprint density at radius 2 is 2.38 bits per heavy atom. The molecule has 72 valence electrons. The SMILES string of the molecule is CS(=N)(=O)NCc1ccc(Cl)nc1. The fourth-order valence-corrected chi connectivity index (χ4v) is 1.29. The first-order chi connectivity index (χ1) is 5.97. The van der Waals surface area contributed by atoms with Crippen LogP contribution < -0.4 is 4.72 Å². The minimum absolute atomic E-state index is 0.364. The molecule has 0 saturated carbocycles. The van der Waals surface area contributed by atoms with E-state index in [0.717, 1.165) is 5.56 Å². The predicted octanol–water partition coefficient (Wildman–Crippen LogP) is 1.42. The molecule has 1 aromatic heterocycles. The lowest BCUT2D eigenvalue weighted by molar-refractivity contribution is 0.666. The van der Waals surface area contributed by atoms with E-state index in [-0.39, 0.29) is 0 Å². The molecule has 1 heterocycles. The van der Waals surface area contributed by atoms with Crippen molar-refractivity contribution in [2.75, 3.05) is 6.26 Å². The van der Waals surface area contributed by atoms with Crippen LogP contribution in [0.15, 0.2) is 18.3 Å². The molecule has 0 aliphatic rings. The number of halogens is 1. The van der Waals surface area contributed by atoms with Crippen LogP contribution >= 0.6 is 11.6 Å². The minimum atomic E-state index is -2.64. The summed E-state index contributed by atoms with van der Waals surface area (Å²) in [6.45, 7) is 0.364. The number of aromatic nitrogens is 1. The van der Waals surface area contributed by atoms with Gasteiger partial charge in [-0.05, 0) is 11.6 Å². The minimum Gasteiger partial charge on any atom is -0.244 e. The monoisotopic (exact) mass is 219 g/mol. The standard InChI is InChI=1S/C7H10ClN3OS/c1-13(9,12)11-5-6-2-3-7(8)10-4-6/h2-4H,5H2,1H3,(H2,9,11,12). The van der Waals surface area contributed by atoms with Gasteiger partial charge in [-0.2, -0.15) is 0 Å². The van der Waals surface area contributed by atoms with E-state index in [2.05, 4.69) is 9.71 Å². The molecule has 1 unspecified atom stereocenters. The Labute approximate surface area is 82.4 Å². The van der Waals surface area contributed by atoms with Crippen LogP contribution in [0.5, 0.6) is 0 Å². The van der Waals surface area contributed by atoms with Gasteiger partial charge in [0.05, 0.1) is 0 Å². The third kappa shape index (κ3) is 4.21. The first kappa shape index (κ1) is 10.4. The molecule has 1 aromatic rings. The summed E-state index contributed by atoms with van der Waals surface area (Å²) in [6, 6.07) is 3.42. The van der Waals surface area contributed by atoms with Gasteiger partial charge in [0.1, 0.15) is 15.1 Å². The molecule has 0 saturated heterocycles. The van der Waals surface area contributed by atoms with Crippen molar-refractivity contribution >= 4 is 21.5 Å². The largest absolute Gasteiger partial charge is 0.244 e. The highest BCUT2D eigenvalue weighted by molar-refractivity contribution is 7.89. The van der Waals surface area contributed by atoms with Gasteiger partial charge in [-0.1, -0.05) is 17.7 Å². The topological polar surface area (TPSA) is 65.8 Å². The molecule has 1 rings (SSSR count).